The van der Waals surface area contributed by atoms with Gasteiger partial charge in [-0.15, -0.1) is 0 Å². The molecule has 1 heterocycles. The number of nitrogens with zero attached hydrogens (tertiary/aromatic N) is 1. The van der Waals surface area contributed by atoms with E-state index in [-0.39, 0.29) is 18.1 Å². The highest BCUT2D eigenvalue weighted by atomic mass is 16.6. The summed E-state index contributed by atoms with van der Waals surface area (Å²) in [6.07, 6.45) is 0. The minimum Gasteiger partial charge on any atom is -0.493 e. The molecule has 0 unspecified atom stereocenters. The third kappa shape index (κ3) is 5.42. The molecule has 0 saturated carbocycles. The van der Waals surface area contributed by atoms with Gasteiger partial charge in [0.05, 0.1) is 19.3 Å². The van der Waals surface area contributed by atoms with Crippen molar-refractivity contribution in [3.63, 3.8) is 0 Å². The highest BCUT2D eigenvalue weighted by Crippen LogP contribution is 2.40. The zero-order valence-corrected chi connectivity index (χ0v) is 17.1. The third-order valence-corrected chi connectivity index (χ3v) is 4.52. The summed E-state index contributed by atoms with van der Waals surface area (Å²) < 4.78 is 26.7. The Bertz CT molecular complexity index is 852. The lowest BCUT2D eigenvalue weighted by atomic mass is 10.1. The van der Waals surface area contributed by atoms with Crippen molar-refractivity contribution >= 4 is 11.9 Å². The second-order valence-electron chi connectivity index (χ2n) is 6.57. The van der Waals surface area contributed by atoms with Crippen LogP contribution in [0, 0.1) is 0 Å². The first-order valence-corrected chi connectivity index (χ1v) is 9.57. The molecule has 0 bridgehead atoms. The van der Waals surface area contributed by atoms with E-state index in [1.54, 1.807) is 12.0 Å². The Balaban J connectivity index is 1.65. The maximum atomic E-state index is 12.7. The Morgan fingerprint density at radius 3 is 2.57 bits per heavy atom. The SMILES string of the molecule is COCCN(Cc1ccccc1)C(=O)COC(=O)c1cc(OC)c2c(c1)OCCO2. The van der Waals surface area contributed by atoms with Crippen LogP contribution in [-0.4, -0.2) is 64.0 Å². The topological polar surface area (TPSA) is 83.5 Å². The number of hydrogen-bond acceptors (Lipinski definition) is 7. The van der Waals surface area contributed by atoms with Gasteiger partial charge in [-0.25, -0.2) is 4.79 Å². The predicted molar refractivity (Wildman–Crippen MR) is 108 cm³/mol. The molecule has 0 N–H and O–H groups in total. The van der Waals surface area contributed by atoms with Crippen LogP contribution in [0.4, 0.5) is 0 Å². The molecular weight excluding hydrogens is 390 g/mol. The lowest BCUT2D eigenvalue weighted by molar-refractivity contribution is -0.135. The molecule has 30 heavy (non-hydrogen) atoms. The van der Waals surface area contributed by atoms with Crippen LogP contribution in [0.5, 0.6) is 17.2 Å². The number of methoxy groups -OCH3 is 2. The molecule has 0 atom stereocenters. The van der Waals surface area contributed by atoms with E-state index in [2.05, 4.69) is 0 Å². The van der Waals surface area contributed by atoms with Crippen LogP contribution in [0.1, 0.15) is 15.9 Å². The van der Waals surface area contributed by atoms with E-state index < -0.39 is 5.97 Å². The molecule has 2 aromatic carbocycles. The minimum atomic E-state index is -0.648. The van der Waals surface area contributed by atoms with Crippen LogP contribution < -0.4 is 14.2 Å². The summed E-state index contributed by atoms with van der Waals surface area (Å²) in [5, 5.41) is 0. The average molecular weight is 415 g/mol. The Labute approximate surface area is 175 Å². The van der Waals surface area contributed by atoms with Crippen LogP contribution in [-0.2, 0) is 20.8 Å². The molecule has 1 amide bonds. The Kier molecular flexibility index (Phi) is 7.51. The summed E-state index contributed by atoms with van der Waals surface area (Å²) in [7, 11) is 3.05. The zero-order valence-electron chi connectivity index (χ0n) is 17.1. The van der Waals surface area contributed by atoms with Crippen molar-refractivity contribution < 1.29 is 33.3 Å². The quantitative estimate of drug-likeness (QED) is 0.581. The average Bonchev–Trinajstić information content (AvgIpc) is 2.79. The van der Waals surface area contributed by atoms with Gasteiger partial charge in [-0.2, -0.15) is 0 Å². The van der Waals surface area contributed by atoms with Gasteiger partial charge >= 0.3 is 5.97 Å². The van der Waals surface area contributed by atoms with Crippen molar-refractivity contribution in [1.29, 1.82) is 0 Å². The number of benzene rings is 2. The highest BCUT2D eigenvalue weighted by molar-refractivity contribution is 5.92. The normalized spacial score (nSPS) is 12.2. The molecule has 8 nitrogen and oxygen atoms in total. The largest absolute Gasteiger partial charge is 0.493 e. The van der Waals surface area contributed by atoms with Crippen LogP contribution in [0.15, 0.2) is 42.5 Å². The van der Waals surface area contributed by atoms with Crippen LogP contribution in [0.2, 0.25) is 0 Å². The molecule has 1 aliphatic heterocycles. The highest BCUT2D eigenvalue weighted by Gasteiger charge is 2.23. The van der Waals surface area contributed by atoms with Gasteiger partial charge in [0.1, 0.15) is 13.2 Å². The summed E-state index contributed by atoms with van der Waals surface area (Å²) in [5.74, 6) is 0.268. The van der Waals surface area contributed by atoms with Crippen molar-refractivity contribution in [2.45, 2.75) is 6.54 Å². The van der Waals surface area contributed by atoms with Crippen LogP contribution in [0.25, 0.3) is 0 Å². The number of fused-ring (bicyclic) bond motifs is 1. The number of hydrogen-bond donors (Lipinski definition) is 0. The number of ether oxygens (including phenoxy) is 5. The molecule has 8 heteroatoms. The molecule has 0 saturated heterocycles. The Hall–Kier alpha value is -3.26. The van der Waals surface area contributed by atoms with E-state index in [0.717, 1.165) is 5.56 Å². The summed E-state index contributed by atoms with van der Waals surface area (Å²) >= 11 is 0. The van der Waals surface area contributed by atoms with E-state index in [1.165, 1.54) is 19.2 Å². The lowest BCUT2D eigenvalue weighted by Gasteiger charge is -2.23. The van der Waals surface area contributed by atoms with Gasteiger partial charge in [-0.05, 0) is 17.7 Å². The summed E-state index contributed by atoms with van der Waals surface area (Å²) in [4.78, 5) is 26.8. The number of rotatable bonds is 9. The standard InChI is InChI=1S/C22H25NO7/c1-26-9-8-23(14-16-6-4-3-5-7-16)20(24)15-30-22(25)17-12-18(27-2)21-19(13-17)28-10-11-29-21/h3-7,12-13H,8-11,14-15H2,1-2H3. The maximum Gasteiger partial charge on any atom is 0.338 e. The molecule has 2 aromatic rings. The first kappa shape index (κ1) is 21.4. The molecular formula is C22H25NO7. The second-order valence-corrected chi connectivity index (χ2v) is 6.57. The molecule has 3 rings (SSSR count). The van der Waals surface area contributed by atoms with Gasteiger partial charge in [0.2, 0.25) is 5.75 Å². The van der Waals surface area contributed by atoms with E-state index in [1.807, 2.05) is 30.3 Å². The lowest BCUT2D eigenvalue weighted by Crippen LogP contribution is -2.36. The van der Waals surface area contributed by atoms with Gasteiger partial charge in [0.25, 0.3) is 5.91 Å². The zero-order chi connectivity index (χ0) is 21.3. The Morgan fingerprint density at radius 1 is 1.07 bits per heavy atom. The van der Waals surface area contributed by atoms with Gasteiger partial charge < -0.3 is 28.6 Å². The first-order chi connectivity index (χ1) is 14.6. The maximum absolute atomic E-state index is 12.7. The number of carbonyl (C=O) groups is 2. The monoisotopic (exact) mass is 415 g/mol. The number of carbonyl (C=O) groups excluding carboxylic acids is 2. The second kappa shape index (κ2) is 10.5. The summed E-state index contributed by atoms with van der Waals surface area (Å²) in [5.41, 5.74) is 1.19. The fourth-order valence-corrected chi connectivity index (χ4v) is 2.99. The first-order valence-electron chi connectivity index (χ1n) is 9.57. The smallest absolute Gasteiger partial charge is 0.338 e. The molecule has 0 fully saturated rings. The van der Waals surface area contributed by atoms with E-state index in [9.17, 15) is 9.59 Å². The van der Waals surface area contributed by atoms with Crippen LogP contribution in [0.3, 0.4) is 0 Å². The van der Waals surface area contributed by atoms with Gasteiger partial charge in [0, 0.05) is 20.2 Å². The molecule has 0 aliphatic carbocycles. The van der Waals surface area contributed by atoms with E-state index in [0.29, 0.717) is 50.2 Å². The van der Waals surface area contributed by atoms with Crippen LogP contribution >= 0.6 is 0 Å². The van der Waals surface area contributed by atoms with Crippen molar-refractivity contribution in [1.82, 2.24) is 4.90 Å². The van der Waals surface area contributed by atoms with Crippen molar-refractivity contribution in [2.75, 3.05) is 47.2 Å². The van der Waals surface area contributed by atoms with Gasteiger partial charge in [-0.3, -0.25) is 4.79 Å². The molecule has 160 valence electrons. The fourth-order valence-electron chi connectivity index (χ4n) is 2.99. The fraction of sp³-hybridized carbons (Fsp3) is 0.364. The molecule has 0 spiro atoms. The minimum absolute atomic E-state index is 0.218. The predicted octanol–water partition coefficient (Wildman–Crippen LogP) is 2.30. The van der Waals surface area contributed by atoms with E-state index in [4.69, 9.17) is 23.7 Å². The number of amides is 1. The summed E-state index contributed by atoms with van der Waals surface area (Å²) in [6.45, 7) is 1.57. The summed E-state index contributed by atoms with van der Waals surface area (Å²) in [6, 6.07) is 12.6. The van der Waals surface area contributed by atoms with E-state index >= 15 is 0 Å². The molecule has 0 aromatic heterocycles. The third-order valence-electron chi connectivity index (χ3n) is 4.52. The van der Waals surface area contributed by atoms with Gasteiger partial charge in [0.15, 0.2) is 18.1 Å². The molecule has 1 aliphatic rings. The molecule has 0 radical (unpaired) electrons. The van der Waals surface area contributed by atoms with Gasteiger partial charge in [-0.1, -0.05) is 30.3 Å². The van der Waals surface area contributed by atoms with Crippen molar-refractivity contribution in [3.8, 4) is 17.2 Å². The van der Waals surface area contributed by atoms with Crippen molar-refractivity contribution in [2.24, 2.45) is 0 Å². The Morgan fingerprint density at radius 2 is 1.83 bits per heavy atom. The van der Waals surface area contributed by atoms with Crippen molar-refractivity contribution in [3.05, 3.63) is 53.6 Å². The number of esters is 1.